The van der Waals surface area contributed by atoms with Crippen molar-refractivity contribution in [2.24, 2.45) is 0 Å². The third-order valence-electron chi connectivity index (χ3n) is 5.69. The van der Waals surface area contributed by atoms with E-state index >= 15 is 0 Å². The van der Waals surface area contributed by atoms with Gasteiger partial charge in [-0.05, 0) is 73.6 Å². The number of para-hydroxylation sites is 1. The monoisotopic (exact) mass is 725 g/mol. The van der Waals surface area contributed by atoms with Crippen molar-refractivity contribution >= 4 is 73.5 Å². The quantitative estimate of drug-likeness (QED) is 0.138. The van der Waals surface area contributed by atoms with Gasteiger partial charge in [0, 0.05) is 31.9 Å². The molecule has 0 radical (unpaired) electrons. The van der Waals surface area contributed by atoms with Crippen molar-refractivity contribution < 1.29 is 0 Å². The van der Waals surface area contributed by atoms with Crippen LogP contribution in [0.2, 0.25) is 0 Å². The predicted octanol–water partition coefficient (Wildman–Crippen LogP) is 7.02. The Morgan fingerprint density at radius 1 is 0.821 bits per heavy atom. The summed E-state index contributed by atoms with van der Waals surface area (Å²) in [5, 5.41) is 0. The normalized spacial score (nSPS) is 17.1. The van der Waals surface area contributed by atoms with Gasteiger partial charge in [-0.1, -0.05) is 86.0 Å². The van der Waals surface area contributed by atoms with Gasteiger partial charge in [-0.25, -0.2) is 0 Å². The molecule has 3 nitrogen and oxygen atoms in total. The molecule has 6 heteroatoms. The maximum atomic E-state index is 2.68. The summed E-state index contributed by atoms with van der Waals surface area (Å²) >= 11 is 7.82. The predicted molar refractivity (Wildman–Crippen MR) is 151 cm³/mol. The summed E-state index contributed by atoms with van der Waals surface area (Å²) in [6, 6.07) is 11.2. The zero-order valence-corrected chi connectivity index (χ0v) is 25.2. The fourth-order valence-electron chi connectivity index (χ4n) is 3.22. The first kappa shape index (κ1) is 27.2. The Morgan fingerprint density at radius 3 is 1.79 bits per heavy atom. The molecule has 0 bridgehead atoms. The van der Waals surface area contributed by atoms with E-state index in [1.165, 1.54) is 5.69 Å². The average Bonchev–Trinajstić information content (AvgIpc) is 2.58. The topological polar surface area (TPSA) is 9.72 Å². The van der Waals surface area contributed by atoms with Gasteiger partial charge < -0.3 is 4.90 Å². The highest BCUT2D eigenvalue weighted by molar-refractivity contribution is 14.1. The maximum Gasteiger partial charge on any atom is 0.0898 e. The number of hydrogen-bond acceptors (Lipinski definition) is 3. The van der Waals surface area contributed by atoms with Crippen LogP contribution in [-0.2, 0) is 0 Å². The van der Waals surface area contributed by atoms with Gasteiger partial charge in [0.1, 0.15) is 0 Å². The molecule has 1 rings (SSSR count). The largest absolute Gasteiger partial charge is 0.360 e. The minimum atomic E-state index is 0.0694. The van der Waals surface area contributed by atoms with E-state index in [1.54, 1.807) is 0 Å². The van der Waals surface area contributed by atoms with Gasteiger partial charge in [0.2, 0.25) is 0 Å². The van der Waals surface area contributed by atoms with Crippen molar-refractivity contribution in [3.63, 3.8) is 0 Å². The van der Waals surface area contributed by atoms with Gasteiger partial charge in [0.05, 0.1) is 10.6 Å². The minimum absolute atomic E-state index is 0.0694. The van der Waals surface area contributed by atoms with Crippen molar-refractivity contribution in [1.82, 2.24) is 9.80 Å². The Kier molecular flexibility index (Phi) is 10.8. The SMILES string of the molecule is CC(C)N(CCC(C)(I)N(C)c1ccccc1)C(C)(I)CCN(C)C(C)(C)I. The summed E-state index contributed by atoms with van der Waals surface area (Å²) in [7, 11) is 4.44. The van der Waals surface area contributed by atoms with E-state index in [-0.39, 0.29) is 10.6 Å². The van der Waals surface area contributed by atoms with Gasteiger partial charge >= 0.3 is 0 Å². The summed E-state index contributed by atoms with van der Waals surface area (Å²) in [6.07, 6.45) is 2.27. The van der Waals surface area contributed by atoms with E-state index in [9.17, 15) is 0 Å². The van der Waals surface area contributed by atoms with Crippen molar-refractivity contribution in [1.29, 1.82) is 0 Å². The third kappa shape index (κ3) is 8.34. The molecule has 0 amide bonds. The highest BCUT2D eigenvalue weighted by Crippen LogP contribution is 2.36. The highest BCUT2D eigenvalue weighted by Gasteiger charge is 2.34. The summed E-state index contributed by atoms with van der Waals surface area (Å²) in [6.45, 7) is 16.1. The molecule has 1 aromatic rings. The van der Waals surface area contributed by atoms with Crippen LogP contribution in [0.25, 0.3) is 0 Å². The second-order valence-corrected chi connectivity index (χ2v) is 16.1. The molecule has 0 aliphatic heterocycles. The lowest BCUT2D eigenvalue weighted by molar-refractivity contribution is 0.123. The Morgan fingerprint density at radius 2 is 1.32 bits per heavy atom. The van der Waals surface area contributed by atoms with E-state index in [4.69, 9.17) is 0 Å². The first-order valence-electron chi connectivity index (χ1n) is 10.0. The fourth-order valence-corrected chi connectivity index (χ4v) is 5.02. The van der Waals surface area contributed by atoms with Crippen LogP contribution in [-0.4, -0.2) is 53.7 Å². The van der Waals surface area contributed by atoms with Crippen LogP contribution >= 0.6 is 67.8 Å². The molecule has 0 aromatic heterocycles. The van der Waals surface area contributed by atoms with Crippen molar-refractivity contribution in [2.45, 2.75) is 71.1 Å². The molecule has 0 fully saturated rings. The van der Waals surface area contributed by atoms with Crippen molar-refractivity contribution in [3.8, 4) is 0 Å². The summed E-state index contributed by atoms with van der Waals surface area (Å²) < 4.78 is 0.395. The Labute approximate surface area is 214 Å². The smallest absolute Gasteiger partial charge is 0.0898 e. The van der Waals surface area contributed by atoms with Crippen LogP contribution in [0.1, 0.15) is 54.4 Å². The van der Waals surface area contributed by atoms with Crippen molar-refractivity contribution in [2.75, 3.05) is 32.1 Å². The van der Waals surface area contributed by atoms with Crippen LogP contribution in [0, 0.1) is 0 Å². The molecule has 0 aliphatic carbocycles. The number of benzene rings is 1. The first-order chi connectivity index (χ1) is 12.7. The first-order valence-corrected chi connectivity index (χ1v) is 13.3. The average molecular weight is 725 g/mol. The molecule has 0 saturated carbocycles. The summed E-state index contributed by atoms with van der Waals surface area (Å²) in [5.41, 5.74) is 1.28. The number of halogens is 3. The number of anilines is 1. The number of nitrogens with zero attached hydrogens (tertiary/aromatic N) is 3. The van der Waals surface area contributed by atoms with E-state index in [0.29, 0.717) is 6.04 Å². The molecule has 0 heterocycles. The molecule has 0 spiro atoms. The van der Waals surface area contributed by atoms with Gasteiger partial charge in [0.25, 0.3) is 0 Å². The van der Waals surface area contributed by atoms with Gasteiger partial charge in [0.15, 0.2) is 0 Å². The molecule has 28 heavy (non-hydrogen) atoms. The van der Waals surface area contributed by atoms with Crippen LogP contribution in [0.5, 0.6) is 0 Å². The second-order valence-electron chi connectivity index (χ2n) is 8.80. The van der Waals surface area contributed by atoms with E-state index in [2.05, 4.69) is 168 Å². The maximum absolute atomic E-state index is 2.68. The lowest BCUT2D eigenvalue weighted by Gasteiger charge is -2.44. The van der Waals surface area contributed by atoms with E-state index in [1.807, 2.05) is 0 Å². The minimum Gasteiger partial charge on any atom is -0.360 e. The molecule has 1 aromatic carbocycles. The Balaban J connectivity index is 2.80. The lowest BCUT2D eigenvalue weighted by Crippen LogP contribution is -2.51. The number of rotatable bonds is 11. The fraction of sp³-hybridized carbons (Fsp3) is 0.727. The van der Waals surface area contributed by atoms with E-state index in [0.717, 1.165) is 25.9 Å². The van der Waals surface area contributed by atoms with Crippen molar-refractivity contribution in [3.05, 3.63) is 30.3 Å². The zero-order valence-electron chi connectivity index (χ0n) is 18.8. The Hall–Kier alpha value is 1.13. The van der Waals surface area contributed by atoms with Gasteiger partial charge in [-0.3, -0.25) is 9.80 Å². The molecular weight excluding hydrogens is 687 g/mol. The molecule has 0 N–H and O–H groups in total. The van der Waals surface area contributed by atoms with Crippen LogP contribution < -0.4 is 4.90 Å². The highest BCUT2D eigenvalue weighted by atomic mass is 127. The van der Waals surface area contributed by atoms with Gasteiger partial charge in [-0.15, -0.1) is 0 Å². The third-order valence-corrected chi connectivity index (χ3v) is 8.93. The standard InChI is InChI=1S/C22H38I3N3/c1-18(2)28(22(6,25)14-16-26(7)20(3,4)23)17-15-21(5,24)27(8)19-12-10-9-11-13-19/h9-13,18H,14-17H2,1-8H3. The summed E-state index contributed by atoms with van der Waals surface area (Å²) in [5.74, 6) is 0. The molecule has 2 atom stereocenters. The van der Waals surface area contributed by atoms with Crippen LogP contribution in [0.4, 0.5) is 5.69 Å². The van der Waals surface area contributed by atoms with E-state index < -0.39 is 0 Å². The van der Waals surface area contributed by atoms with Crippen LogP contribution in [0.15, 0.2) is 30.3 Å². The zero-order chi connectivity index (χ0) is 21.8. The Bertz CT molecular complexity index is 582. The molecule has 0 saturated heterocycles. The second kappa shape index (κ2) is 11.1. The molecule has 0 aliphatic rings. The number of alkyl halides is 3. The van der Waals surface area contributed by atoms with Crippen LogP contribution in [0.3, 0.4) is 0 Å². The lowest BCUT2D eigenvalue weighted by atomic mass is 10.1. The molecule has 2 unspecified atom stereocenters. The molecule has 162 valence electrons. The summed E-state index contributed by atoms with van der Waals surface area (Å²) in [4.78, 5) is 7.54. The number of hydrogen-bond donors (Lipinski definition) is 0. The molecular formula is C22H38I3N3. The van der Waals surface area contributed by atoms with Gasteiger partial charge in [-0.2, -0.15) is 0 Å².